The van der Waals surface area contributed by atoms with Crippen LogP contribution in [0.3, 0.4) is 0 Å². The van der Waals surface area contributed by atoms with Gasteiger partial charge in [0, 0.05) is 11.5 Å². The maximum Gasteiger partial charge on any atom is 0.124 e. The molecule has 0 spiro atoms. The lowest BCUT2D eigenvalue weighted by Gasteiger charge is -1.96. The molecule has 0 aromatic rings. The summed E-state index contributed by atoms with van der Waals surface area (Å²) in [7, 11) is 0. The molecule has 0 amide bonds. The SMILES string of the molecule is NCCCSC1=NCCS1. The predicted octanol–water partition coefficient (Wildman–Crippen LogP) is 1.17. The van der Waals surface area contributed by atoms with Crippen LogP contribution in [0, 0.1) is 0 Å². The molecule has 2 nitrogen and oxygen atoms in total. The molecule has 0 unspecified atom stereocenters. The van der Waals surface area contributed by atoms with Gasteiger partial charge in [-0.25, -0.2) is 0 Å². The summed E-state index contributed by atoms with van der Waals surface area (Å²) in [5, 5.41) is 0. The van der Waals surface area contributed by atoms with Gasteiger partial charge in [0.25, 0.3) is 0 Å². The van der Waals surface area contributed by atoms with Crippen molar-refractivity contribution in [1.82, 2.24) is 0 Å². The Bertz CT molecular complexity index is 125. The zero-order valence-electron chi connectivity index (χ0n) is 5.88. The van der Waals surface area contributed by atoms with Crippen LogP contribution in [0.25, 0.3) is 0 Å². The number of rotatable bonds is 3. The van der Waals surface area contributed by atoms with Crippen molar-refractivity contribution in [2.75, 3.05) is 24.6 Å². The van der Waals surface area contributed by atoms with Gasteiger partial charge in [-0.15, -0.1) is 0 Å². The third-order valence-electron chi connectivity index (χ3n) is 1.13. The van der Waals surface area contributed by atoms with E-state index in [0.717, 1.165) is 25.3 Å². The highest BCUT2D eigenvalue weighted by atomic mass is 32.2. The van der Waals surface area contributed by atoms with E-state index in [2.05, 4.69) is 4.99 Å². The van der Waals surface area contributed by atoms with Crippen LogP contribution in [0.5, 0.6) is 0 Å². The van der Waals surface area contributed by atoms with E-state index in [1.807, 2.05) is 23.5 Å². The summed E-state index contributed by atoms with van der Waals surface area (Å²) in [4.78, 5) is 4.31. The van der Waals surface area contributed by atoms with E-state index >= 15 is 0 Å². The lowest BCUT2D eigenvalue weighted by atomic mass is 10.5. The lowest BCUT2D eigenvalue weighted by molar-refractivity contribution is 0.945. The zero-order valence-corrected chi connectivity index (χ0v) is 7.51. The molecular formula is C6H12N2S2. The molecule has 0 aromatic carbocycles. The van der Waals surface area contributed by atoms with Gasteiger partial charge in [0.15, 0.2) is 0 Å². The molecule has 1 heterocycles. The Hall–Kier alpha value is 0.330. The number of nitrogens with two attached hydrogens (primary N) is 1. The van der Waals surface area contributed by atoms with Crippen molar-refractivity contribution < 1.29 is 0 Å². The highest BCUT2D eigenvalue weighted by Crippen LogP contribution is 2.21. The van der Waals surface area contributed by atoms with Crippen molar-refractivity contribution in [3.05, 3.63) is 0 Å². The first-order chi connectivity index (χ1) is 4.93. The summed E-state index contributed by atoms with van der Waals surface area (Å²) in [6.07, 6.45) is 1.10. The van der Waals surface area contributed by atoms with E-state index in [4.69, 9.17) is 5.73 Å². The summed E-state index contributed by atoms with van der Waals surface area (Å²) < 4.78 is 1.26. The summed E-state index contributed by atoms with van der Waals surface area (Å²) in [6.45, 7) is 1.81. The molecule has 0 atom stereocenters. The predicted molar refractivity (Wildman–Crippen MR) is 50.9 cm³/mol. The quantitative estimate of drug-likeness (QED) is 0.656. The highest BCUT2D eigenvalue weighted by molar-refractivity contribution is 8.39. The number of thioether (sulfide) groups is 2. The first kappa shape index (κ1) is 8.43. The maximum absolute atomic E-state index is 5.35. The maximum atomic E-state index is 5.35. The highest BCUT2D eigenvalue weighted by Gasteiger charge is 2.05. The summed E-state index contributed by atoms with van der Waals surface area (Å²) in [5.74, 6) is 2.30. The second kappa shape index (κ2) is 5.04. The first-order valence-electron chi connectivity index (χ1n) is 3.43. The fraction of sp³-hybridized carbons (Fsp3) is 0.833. The molecular weight excluding hydrogens is 164 g/mol. The molecule has 1 rings (SSSR count). The minimum absolute atomic E-state index is 0.797. The lowest BCUT2D eigenvalue weighted by Crippen LogP contribution is -2.00. The van der Waals surface area contributed by atoms with Crippen LogP contribution < -0.4 is 5.73 Å². The van der Waals surface area contributed by atoms with E-state index in [9.17, 15) is 0 Å². The number of aliphatic imine (C=N–C) groups is 1. The summed E-state index contributed by atoms with van der Waals surface area (Å²) in [5.41, 5.74) is 5.35. The molecule has 1 aliphatic rings. The third kappa shape index (κ3) is 2.94. The van der Waals surface area contributed by atoms with Gasteiger partial charge >= 0.3 is 0 Å². The van der Waals surface area contributed by atoms with Crippen LogP contribution in [0.1, 0.15) is 6.42 Å². The van der Waals surface area contributed by atoms with Crippen molar-refractivity contribution in [3.63, 3.8) is 0 Å². The van der Waals surface area contributed by atoms with Crippen LogP contribution in [0.2, 0.25) is 0 Å². The minimum Gasteiger partial charge on any atom is -0.330 e. The molecule has 4 heteroatoms. The van der Waals surface area contributed by atoms with E-state index in [0.29, 0.717) is 0 Å². The van der Waals surface area contributed by atoms with Crippen LogP contribution in [-0.2, 0) is 0 Å². The second-order valence-electron chi connectivity index (χ2n) is 1.99. The Balaban J connectivity index is 2.01. The Kier molecular flexibility index (Phi) is 4.25. The van der Waals surface area contributed by atoms with Gasteiger partial charge in [-0.3, -0.25) is 4.99 Å². The summed E-state index contributed by atoms with van der Waals surface area (Å²) >= 11 is 3.71. The standard InChI is InChI=1S/C6H12N2S2/c7-2-1-4-9-6-8-3-5-10-6/h1-5,7H2. The minimum atomic E-state index is 0.797. The smallest absolute Gasteiger partial charge is 0.124 e. The molecule has 0 aromatic heterocycles. The van der Waals surface area contributed by atoms with Gasteiger partial charge < -0.3 is 5.73 Å². The number of nitrogens with zero attached hydrogens (tertiary/aromatic N) is 1. The molecule has 58 valence electrons. The van der Waals surface area contributed by atoms with Gasteiger partial charge in [-0.05, 0) is 13.0 Å². The van der Waals surface area contributed by atoms with E-state index in [-0.39, 0.29) is 0 Å². The third-order valence-corrected chi connectivity index (χ3v) is 3.47. The van der Waals surface area contributed by atoms with E-state index in [1.54, 1.807) is 0 Å². The Labute approximate surface area is 70.0 Å². The van der Waals surface area contributed by atoms with Crippen molar-refractivity contribution in [2.45, 2.75) is 6.42 Å². The first-order valence-corrected chi connectivity index (χ1v) is 5.40. The zero-order chi connectivity index (χ0) is 7.23. The molecule has 0 saturated heterocycles. The Morgan fingerprint density at radius 2 is 2.60 bits per heavy atom. The molecule has 1 aliphatic heterocycles. The average molecular weight is 176 g/mol. The normalized spacial score (nSPS) is 17.5. The van der Waals surface area contributed by atoms with Crippen molar-refractivity contribution >= 4 is 27.9 Å². The molecule has 0 saturated carbocycles. The van der Waals surface area contributed by atoms with Crippen LogP contribution in [0.15, 0.2) is 4.99 Å². The van der Waals surface area contributed by atoms with Crippen LogP contribution in [0.4, 0.5) is 0 Å². The van der Waals surface area contributed by atoms with Gasteiger partial charge in [0.2, 0.25) is 0 Å². The van der Waals surface area contributed by atoms with Crippen molar-refractivity contribution in [1.29, 1.82) is 0 Å². The average Bonchev–Trinajstić information content (AvgIpc) is 2.41. The molecule has 2 N–H and O–H groups in total. The van der Waals surface area contributed by atoms with E-state index in [1.165, 1.54) is 10.1 Å². The van der Waals surface area contributed by atoms with Gasteiger partial charge in [0.1, 0.15) is 4.38 Å². The largest absolute Gasteiger partial charge is 0.330 e. The van der Waals surface area contributed by atoms with E-state index < -0.39 is 0 Å². The molecule has 0 bridgehead atoms. The van der Waals surface area contributed by atoms with Gasteiger partial charge in [0.05, 0.1) is 6.54 Å². The molecule has 0 radical (unpaired) electrons. The molecule has 10 heavy (non-hydrogen) atoms. The summed E-state index contributed by atoms with van der Waals surface area (Å²) in [6, 6.07) is 0. The van der Waals surface area contributed by atoms with Gasteiger partial charge in [-0.2, -0.15) is 0 Å². The van der Waals surface area contributed by atoms with Crippen molar-refractivity contribution in [3.8, 4) is 0 Å². The Morgan fingerprint density at radius 3 is 3.20 bits per heavy atom. The van der Waals surface area contributed by atoms with Gasteiger partial charge in [-0.1, -0.05) is 23.5 Å². The molecule has 0 aliphatic carbocycles. The monoisotopic (exact) mass is 176 g/mol. The molecule has 0 fully saturated rings. The van der Waals surface area contributed by atoms with Crippen LogP contribution in [-0.4, -0.2) is 29.0 Å². The second-order valence-corrected chi connectivity index (χ2v) is 4.41. The number of hydrogen-bond donors (Lipinski definition) is 1. The number of hydrogen-bond acceptors (Lipinski definition) is 4. The topological polar surface area (TPSA) is 38.4 Å². The fourth-order valence-electron chi connectivity index (χ4n) is 0.646. The van der Waals surface area contributed by atoms with Crippen LogP contribution >= 0.6 is 23.5 Å². The Morgan fingerprint density at radius 1 is 1.70 bits per heavy atom. The van der Waals surface area contributed by atoms with Crippen molar-refractivity contribution in [2.24, 2.45) is 10.7 Å². The fourth-order valence-corrected chi connectivity index (χ4v) is 2.69.